The van der Waals surface area contributed by atoms with E-state index in [-0.39, 0.29) is 11.2 Å². The molecule has 1 aliphatic heterocycles. The summed E-state index contributed by atoms with van der Waals surface area (Å²) in [6.45, 7) is 6.16. The number of nitrogens with zero attached hydrogens (tertiary/aromatic N) is 4. The molecule has 26 heavy (non-hydrogen) atoms. The molecule has 2 heterocycles. The third-order valence-electron chi connectivity index (χ3n) is 4.27. The van der Waals surface area contributed by atoms with Crippen LogP contribution in [-0.4, -0.2) is 63.6 Å². The molecule has 1 saturated heterocycles. The van der Waals surface area contributed by atoms with Gasteiger partial charge in [-0.25, -0.2) is 0 Å². The number of carbonyl (C=O) groups excluding carboxylic acids is 1. The van der Waals surface area contributed by atoms with E-state index >= 15 is 0 Å². The van der Waals surface area contributed by atoms with E-state index in [0.29, 0.717) is 16.9 Å². The average molecular weight is 393 g/mol. The Balaban J connectivity index is 1.46. The molecule has 0 radical (unpaired) electrons. The number of thioether (sulfide) groups is 2. The first-order valence-corrected chi connectivity index (χ1v) is 11.0. The van der Waals surface area contributed by atoms with E-state index in [1.54, 1.807) is 11.8 Å². The monoisotopic (exact) mass is 392 g/mol. The van der Waals surface area contributed by atoms with Crippen LogP contribution in [0.5, 0.6) is 0 Å². The lowest BCUT2D eigenvalue weighted by Crippen LogP contribution is -2.50. The van der Waals surface area contributed by atoms with Crippen LogP contribution in [0, 0.1) is 0 Å². The van der Waals surface area contributed by atoms with Gasteiger partial charge in [-0.2, -0.15) is 11.8 Å². The van der Waals surface area contributed by atoms with Crippen molar-refractivity contribution in [3.63, 3.8) is 0 Å². The van der Waals surface area contributed by atoms with Crippen molar-refractivity contribution in [3.05, 3.63) is 41.8 Å². The number of amides is 1. The summed E-state index contributed by atoms with van der Waals surface area (Å²) in [7, 11) is 0. The highest BCUT2D eigenvalue weighted by atomic mass is 32.2. The van der Waals surface area contributed by atoms with Crippen molar-refractivity contribution in [2.75, 3.05) is 32.4 Å². The molecule has 1 aromatic carbocycles. The molecule has 1 amide bonds. The lowest BCUT2D eigenvalue weighted by molar-refractivity contribution is -0.132. The maximum atomic E-state index is 12.7. The average Bonchev–Trinajstić information content (AvgIpc) is 3.10. The Morgan fingerprint density at radius 3 is 2.62 bits per heavy atom. The van der Waals surface area contributed by atoms with Gasteiger partial charge < -0.3 is 9.32 Å². The van der Waals surface area contributed by atoms with E-state index in [1.165, 1.54) is 17.3 Å². The molecule has 8 heteroatoms. The molecule has 140 valence electrons. The van der Waals surface area contributed by atoms with Gasteiger partial charge in [-0.3, -0.25) is 9.69 Å². The van der Waals surface area contributed by atoms with Gasteiger partial charge in [0.05, 0.1) is 11.0 Å². The second kappa shape index (κ2) is 9.43. The highest BCUT2D eigenvalue weighted by Gasteiger charge is 2.26. The minimum absolute atomic E-state index is 0.138. The predicted molar refractivity (Wildman–Crippen MR) is 105 cm³/mol. The van der Waals surface area contributed by atoms with Gasteiger partial charge in [0, 0.05) is 32.7 Å². The van der Waals surface area contributed by atoms with Gasteiger partial charge in [-0.1, -0.05) is 42.1 Å². The number of carbonyl (C=O) groups is 1. The summed E-state index contributed by atoms with van der Waals surface area (Å²) in [6.07, 6.45) is 1.99. The Labute approximate surface area is 162 Å². The third-order valence-corrected chi connectivity index (χ3v) is 5.73. The fourth-order valence-electron chi connectivity index (χ4n) is 2.89. The Kier molecular flexibility index (Phi) is 6.99. The zero-order valence-electron chi connectivity index (χ0n) is 15.1. The number of aromatic nitrogens is 2. The molecule has 2 aromatic rings. The highest BCUT2D eigenvalue weighted by molar-refractivity contribution is 8.00. The van der Waals surface area contributed by atoms with E-state index in [0.717, 1.165) is 32.7 Å². The minimum Gasteiger partial charge on any atom is -0.415 e. The summed E-state index contributed by atoms with van der Waals surface area (Å²) in [5.74, 6) is 1.44. The number of hydrogen-bond donors (Lipinski definition) is 0. The first-order valence-electron chi connectivity index (χ1n) is 8.68. The molecule has 0 aliphatic carbocycles. The van der Waals surface area contributed by atoms with Gasteiger partial charge in [0.2, 0.25) is 11.8 Å². The van der Waals surface area contributed by atoms with Crippen LogP contribution in [-0.2, 0) is 17.1 Å². The largest absolute Gasteiger partial charge is 0.415 e. The molecule has 0 N–H and O–H groups in total. The Hall–Kier alpha value is -1.51. The van der Waals surface area contributed by atoms with E-state index in [4.69, 9.17) is 4.42 Å². The van der Waals surface area contributed by atoms with Crippen LogP contribution in [0.25, 0.3) is 0 Å². The number of piperazine rings is 1. The molecular formula is C18H24N4O2S2. The minimum atomic E-state index is -0.224. The Bertz CT molecular complexity index is 702. The summed E-state index contributed by atoms with van der Waals surface area (Å²) >= 11 is 2.97. The van der Waals surface area contributed by atoms with Gasteiger partial charge in [-0.05, 0) is 18.7 Å². The second-order valence-electron chi connectivity index (χ2n) is 6.24. The van der Waals surface area contributed by atoms with Crippen LogP contribution in [0.1, 0.15) is 18.4 Å². The molecule has 0 spiro atoms. The van der Waals surface area contributed by atoms with Crippen LogP contribution in [0.3, 0.4) is 0 Å². The predicted octanol–water partition coefficient (Wildman–Crippen LogP) is 2.76. The summed E-state index contributed by atoms with van der Waals surface area (Å²) in [5, 5.41) is 8.25. The molecule has 0 bridgehead atoms. The van der Waals surface area contributed by atoms with Gasteiger partial charge in [0.25, 0.3) is 5.22 Å². The molecule has 1 atom stereocenters. The van der Waals surface area contributed by atoms with Crippen molar-refractivity contribution in [2.24, 2.45) is 0 Å². The van der Waals surface area contributed by atoms with E-state index in [9.17, 15) is 4.79 Å². The fraction of sp³-hybridized carbons (Fsp3) is 0.500. The Morgan fingerprint density at radius 1 is 1.19 bits per heavy atom. The maximum Gasteiger partial charge on any atom is 0.277 e. The van der Waals surface area contributed by atoms with Crippen LogP contribution in [0.15, 0.2) is 40.0 Å². The topological polar surface area (TPSA) is 62.5 Å². The van der Waals surface area contributed by atoms with Crippen molar-refractivity contribution in [2.45, 2.75) is 29.7 Å². The standard InChI is InChI=1S/C18H24N4O2S2/c1-14(26-18-20-19-16(24-18)13-25-2)17(23)22-10-8-21(9-11-22)12-15-6-4-3-5-7-15/h3-7,14H,8-13H2,1-2H3. The number of rotatable bonds is 7. The molecule has 1 aromatic heterocycles. The first kappa shape index (κ1) is 19.3. The van der Waals surface area contributed by atoms with Gasteiger partial charge in [-0.15, -0.1) is 10.2 Å². The van der Waals surface area contributed by atoms with E-state index in [2.05, 4.69) is 39.4 Å². The molecule has 1 fully saturated rings. The van der Waals surface area contributed by atoms with Crippen molar-refractivity contribution < 1.29 is 9.21 Å². The molecule has 0 saturated carbocycles. The lowest BCUT2D eigenvalue weighted by atomic mass is 10.2. The smallest absolute Gasteiger partial charge is 0.277 e. The van der Waals surface area contributed by atoms with Crippen LogP contribution in [0.4, 0.5) is 0 Å². The molecule has 6 nitrogen and oxygen atoms in total. The van der Waals surface area contributed by atoms with E-state index < -0.39 is 0 Å². The van der Waals surface area contributed by atoms with Gasteiger partial charge in [0.1, 0.15) is 0 Å². The molecule has 1 unspecified atom stereocenters. The second-order valence-corrected chi connectivity index (χ2v) is 8.40. The van der Waals surface area contributed by atoms with Gasteiger partial charge in [0.15, 0.2) is 0 Å². The fourth-order valence-corrected chi connectivity index (χ4v) is 4.04. The zero-order chi connectivity index (χ0) is 18.4. The van der Waals surface area contributed by atoms with Crippen molar-refractivity contribution >= 4 is 29.4 Å². The quantitative estimate of drug-likeness (QED) is 0.671. The van der Waals surface area contributed by atoms with E-state index in [1.807, 2.05) is 24.1 Å². The normalized spacial score (nSPS) is 16.6. The maximum absolute atomic E-state index is 12.7. The SMILES string of the molecule is CSCc1nnc(SC(C)C(=O)N2CCN(Cc3ccccc3)CC2)o1. The Morgan fingerprint density at radius 2 is 1.92 bits per heavy atom. The molecule has 3 rings (SSSR count). The van der Waals surface area contributed by atoms with Crippen molar-refractivity contribution in [1.82, 2.24) is 20.0 Å². The summed E-state index contributed by atoms with van der Waals surface area (Å²) in [6, 6.07) is 10.5. The van der Waals surface area contributed by atoms with Crippen molar-refractivity contribution in [1.29, 1.82) is 0 Å². The first-order chi connectivity index (χ1) is 12.7. The van der Waals surface area contributed by atoms with Crippen molar-refractivity contribution in [3.8, 4) is 0 Å². The third kappa shape index (κ3) is 5.25. The van der Waals surface area contributed by atoms with Crippen LogP contribution in [0.2, 0.25) is 0 Å². The summed E-state index contributed by atoms with van der Waals surface area (Å²) in [5.41, 5.74) is 1.31. The number of benzene rings is 1. The van der Waals surface area contributed by atoms with Gasteiger partial charge >= 0.3 is 0 Å². The van der Waals surface area contributed by atoms with Crippen LogP contribution >= 0.6 is 23.5 Å². The lowest BCUT2D eigenvalue weighted by Gasteiger charge is -2.35. The number of hydrogen-bond acceptors (Lipinski definition) is 7. The summed E-state index contributed by atoms with van der Waals surface area (Å²) in [4.78, 5) is 17.0. The molecule has 1 aliphatic rings. The highest BCUT2D eigenvalue weighted by Crippen LogP contribution is 2.24. The van der Waals surface area contributed by atoms with Crippen LogP contribution < -0.4 is 0 Å². The molecular weight excluding hydrogens is 368 g/mol. The summed E-state index contributed by atoms with van der Waals surface area (Å²) < 4.78 is 5.56. The zero-order valence-corrected chi connectivity index (χ0v) is 16.8.